The molecule has 1 saturated heterocycles. The topological polar surface area (TPSA) is 33.2 Å². The van der Waals surface area contributed by atoms with E-state index in [-0.39, 0.29) is 11.6 Å². The summed E-state index contributed by atoms with van der Waals surface area (Å²) in [5.74, 6) is -1.53. The molecular formula is C16H11ClF4N2OS. The zero-order valence-electron chi connectivity index (χ0n) is 12.8. The van der Waals surface area contributed by atoms with Crippen LogP contribution in [0.1, 0.15) is 22.2 Å². The second-order valence-electron chi connectivity index (χ2n) is 5.38. The van der Waals surface area contributed by atoms with Gasteiger partial charge in [-0.15, -0.1) is 11.8 Å². The summed E-state index contributed by atoms with van der Waals surface area (Å²) in [4.78, 5) is 17.5. The van der Waals surface area contributed by atoms with Crippen molar-refractivity contribution in [2.75, 3.05) is 10.7 Å². The molecule has 1 fully saturated rings. The summed E-state index contributed by atoms with van der Waals surface area (Å²) in [6, 6.07) is 6.41. The zero-order valence-corrected chi connectivity index (χ0v) is 14.3. The summed E-state index contributed by atoms with van der Waals surface area (Å²) in [6.45, 7) is 1.69. The third kappa shape index (κ3) is 3.32. The van der Waals surface area contributed by atoms with Crippen LogP contribution in [-0.2, 0) is 11.0 Å². The van der Waals surface area contributed by atoms with Crippen LogP contribution < -0.4 is 4.90 Å². The van der Waals surface area contributed by atoms with Crippen LogP contribution in [0.2, 0.25) is 5.02 Å². The maximum atomic E-state index is 14.5. The number of aryl methyl sites for hydroxylation is 1. The van der Waals surface area contributed by atoms with Crippen molar-refractivity contribution in [2.24, 2.45) is 0 Å². The van der Waals surface area contributed by atoms with Gasteiger partial charge >= 0.3 is 6.18 Å². The van der Waals surface area contributed by atoms with Gasteiger partial charge in [0.2, 0.25) is 5.91 Å². The number of alkyl halides is 3. The van der Waals surface area contributed by atoms with E-state index in [0.717, 1.165) is 28.8 Å². The second kappa shape index (κ2) is 6.49. The van der Waals surface area contributed by atoms with Gasteiger partial charge < -0.3 is 0 Å². The lowest BCUT2D eigenvalue weighted by Crippen LogP contribution is -2.30. The Hall–Kier alpha value is -1.80. The Labute approximate surface area is 150 Å². The van der Waals surface area contributed by atoms with E-state index < -0.39 is 39.4 Å². The lowest BCUT2D eigenvalue weighted by Gasteiger charge is -2.26. The van der Waals surface area contributed by atoms with E-state index in [2.05, 4.69) is 4.98 Å². The monoisotopic (exact) mass is 390 g/mol. The van der Waals surface area contributed by atoms with Crippen LogP contribution in [0, 0.1) is 12.7 Å². The van der Waals surface area contributed by atoms with Gasteiger partial charge in [0.15, 0.2) is 0 Å². The lowest BCUT2D eigenvalue weighted by atomic mass is 10.1. The van der Waals surface area contributed by atoms with Gasteiger partial charge in [-0.05, 0) is 31.2 Å². The van der Waals surface area contributed by atoms with E-state index in [0.29, 0.717) is 5.69 Å². The minimum atomic E-state index is -4.78. The van der Waals surface area contributed by atoms with Gasteiger partial charge in [-0.1, -0.05) is 17.7 Å². The van der Waals surface area contributed by atoms with Crippen molar-refractivity contribution in [1.29, 1.82) is 0 Å². The SMILES string of the molecule is Cc1cccc(N2C(=O)CSC2c2c(C(F)(F)F)ccc(Cl)c2F)n1. The molecule has 0 saturated carbocycles. The average Bonchev–Trinajstić information content (AvgIpc) is 2.90. The van der Waals surface area contributed by atoms with Gasteiger partial charge in [0, 0.05) is 11.3 Å². The summed E-state index contributed by atoms with van der Waals surface area (Å²) < 4.78 is 54.6. The van der Waals surface area contributed by atoms with Crippen molar-refractivity contribution < 1.29 is 22.4 Å². The van der Waals surface area contributed by atoms with E-state index in [1.54, 1.807) is 19.1 Å². The Kier molecular flexibility index (Phi) is 4.68. The van der Waals surface area contributed by atoms with Crippen molar-refractivity contribution in [3.63, 3.8) is 0 Å². The van der Waals surface area contributed by atoms with Crippen LogP contribution in [-0.4, -0.2) is 16.6 Å². The molecule has 0 N–H and O–H groups in total. The normalized spacial score (nSPS) is 18.1. The fourth-order valence-corrected chi connectivity index (χ4v) is 3.98. The van der Waals surface area contributed by atoms with Gasteiger partial charge in [-0.25, -0.2) is 9.37 Å². The smallest absolute Gasteiger partial charge is 0.279 e. The first-order valence-electron chi connectivity index (χ1n) is 7.12. The van der Waals surface area contributed by atoms with Gasteiger partial charge in [0.1, 0.15) is 17.0 Å². The highest BCUT2D eigenvalue weighted by atomic mass is 35.5. The highest BCUT2D eigenvalue weighted by molar-refractivity contribution is 8.00. The molecule has 2 aromatic rings. The predicted octanol–water partition coefficient (Wildman–Crippen LogP) is 4.98. The van der Waals surface area contributed by atoms with Crippen molar-refractivity contribution in [3.05, 3.63) is 58.0 Å². The van der Waals surface area contributed by atoms with Crippen molar-refractivity contribution >= 4 is 35.1 Å². The molecule has 1 unspecified atom stereocenters. The molecule has 1 amide bonds. The molecule has 1 aromatic heterocycles. The molecular weight excluding hydrogens is 380 g/mol. The number of halogens is 5. The molecule has 1 aliphatic rings. The van der Waals surface area contributed by atoms with Crippen LogP contribution in [0.5, 0.6) is 0 Å². The highest BCUT2D eigenvalue weighted by Crippen LogP contribution is 2.47. The molecule has 25 heavy (non-hydrogen) atoms. The van der Waals surface area contributed by atoms with Gasteiger partial charge in [-0.3, -0.25) is 9.69 Å². The number of nitrogens with zero attached hydrogens (tertiary/aromatic N) is 2. The largest absolute Gasteiger partial charge is 0.416 e. The predicted molar refractivity (Wildman–Crippen MR) is 88.1 cm³/mol. The first-order valence-corrected chi connectivity index (χ1v) is 8.55. The van der Waals surface area contributed by atoms with Crippen LogP contribution in [0.3, 0.4) is 0 Å². The van der Waals surface area contributed by atoms with Crippen LogP contribution in [0.15, 0.2) is 30.3 Å². The maximum Gasteiger partial charge on any atom is 0.416 e. The van der Waals surface area contributed by atoms with E-state index in [4.69, 9.17) is 11.6 Å². The van der Waals surface area contributed by atoms with E-state index in [1.807, 2.05) is 0 Å². The lowest BCUT2D eigenvalue weighted by molar-refractivity contribution is -0.138. The molecule has 1 aliphatic heterocycles. The molecule has 9 heteroatoms. The highest BCUT2D eigenvalue weighted by Gasteiger charge is 2.43. The number of anilines is 1. The minimum Gasteiger partial charge on any atom is -0.279 e. The fourth-order valence-electron chi connectivity index (χ4n) is 2.60. The summed E-state index contributed by atoms with van der Waals surface area (Å²) in [7, 11) is 0. The molecule has 1 atom stereocenters. The summed E-state index contributed by atoms with van der Waals surface area (Å²) in [6.07, 6.45) is -4.78. The number of carbonyl (C=O) groups is 1. The number of hydrogen-bond donors (Lipinski definition) is 0. The number of hydrogen-bond acceptors (Lipinski definition) is 3. The standard InChI is InChI=1S/C16H11ClF4N2OS/c1-8-3-2-4-11(22-8)23-12(24)7-25-15(23)13-9(16(19,20)21)5-6-10(17)14(13)18/h2-6,15H,7H2,1H3. The molecule has 1 aromatic carbocycles. The van der Waals surface area contributed by atoms with Crippen molar-refractivity contribution in [2.45, 2.75) is 18.5 Å². The number of amides is 1. The van der Waals surface area contributed by atoms with Crippen LogP contribution >= 0.6 is 23.4 Å². The molecule has 0 spiro atoms. The maximum absolute atomic E-state index is 14.5. The van der Waals surface area contributed by atoms with Crippen molar-refractivity contribution in [1.82, 2.24) is 4.98 Å². The van der Waals surface area contributed by atoms with Gasteiger partial charge in [-0.2, -0.15) is 13.2 Å². The Morgan fingerprint density at radius 2 is 2.00 bits per heavy atom. The first kappa shape index (κ1) is 18.0. The number of aromatic nitrogens is 1. The van der Waals surface area contributed by atoms with E-state index in [9.17, 15) is 22.4 Å². The average molecular weight is 391 g/mol. The van der Waals surface area contributed by atoms with Crippen LogP contribution in [0.4, 0.5) is 23.4 Å². The first-order chi connectivity index (χ1) is 11.7. The Balaban J connectivity index is 2.18. The summed E-state index contributed by atoms with van der Waals surface area (Å²) >= 11 is 6.60. The summed E-state index contributed by atoms with van der Waals surface area (Å²) in [5.41, 5.74) is -1.22. The number of pyridine rings is 1. The third-order valence-electron chi connectivity index (χ3n) is 3.67. The molecule has 0 aliphatic carbocycles. The number of rotatable bonds is 2. The Morgan fingerprint density at radius 3 is 2.64 bits per heavy atom. The molecule has 2 heterocycles. The molecule has 0 radical (unpaired) electrons. The van der Waals surface area contributed by atoms with E-state index >= 15 is 0 Å². The Morgan fingerprint density at radius 1 is 1.28 bits per heavy atom. The summed E-state index contributed by atoms with van der Waals surface area (Å²) in [5, 5.41) is -1.63. The van der Waals surface area contributed by atoms with Gasteiger partial charge in [0.25, 0.3) is 0 Å². The number of thioether (sulfide) groups is 1. The Bertz CT molecular complexity index is 843. The number of carbonyl (C=O) groups excluding carboxylic acids is 1. The molecule has 132 valence electrons. The molecule has 3 nitrogen and oxygen atoms in total. The minimum absolute atomic E-state index is 0.0798. The van der Waals surface area contributed by atoms with Gasteiger partial charge in [0.05, 0.1) is 16.3 Å². The molecule has 3 rings (SSSR count). The van der Waals surface area contributed by atoms with E-state index in [1.165, 1.54) is 6.07 Å². The second-order valence-corrected chi connectivity index (χ2v) is 6.86. The third-order valence-corrected chi connectivity index (χ3v) is 5.14. The fraction of sp³-hybridized carbons (Fsp3) is 0.250. The zero-order chi connectivity index (χ0) is 18.4. The molecule has 0 bridgehead atoms. The van der Waals surface area contributed by atoms with Crippen LogP contribution in [0.25, 0.3) is 0 Å². The number of benzene rings is 1. The quantitative estimate of drug-likeness (QED) is 0.678. The van der Waals surface area contributed by atoms with Crippen molar-refractivity contribution in [3.8, 4) is 0 Å².